The van der Waals surface area contributed by atoms with E-state index in [0.29, 0.717) is 31.4 Å². The number of amides is 1. The van der Waals surface area contributed by atoms with Crippen LogP contribution in [0.2, 0.25) is 0 Å². The first kappa shape index (κ1) is 17.3. The summed E-state index contributed by atoms with van der Waals surface area (Å²) in [6, 6.07) is 0.192. The Morgan fingerprint density at radius 3 is 2.30 bits per heavy atom. The zero-order valence-corrected chi connectivity index (χ0v) is 14.3. The molecular weight excluding hydrogens is 300 g/mol. The Balaban J connectivity index is 1.85. The third-order valence-corrected chi connectivity index (χ3v) is 3.35. The van der Waals surface area contributed by atoms with Gasteiger partial charge in [0.1, 0.15) is 11.9 Å². The van der Waals surface area contributed by atoms with Gasteiger partial charge in [0.2, 0.25) is 11.8 Å². The molecule has 1 amide bonds. The first-order chi connectivity index (χ1) is 10.8. The SMILES string of the molecule is COc1ncnc(OC)c1CNC1CN(C(=O)OC(C)(C)C)C1. The molecule has 1 aliphatic heterocycles. The maximum absolute atomic E-state index is 11.9. The summed E-state index contributed by atoms with van der Waals surface area (Å²) in [7, 11) is 3.11. The molecule has 0 aromatic carbocycles. The number of hydrogen-bond acceptors (Lipinski definition) is 7. The molecule has 2 rings (SSSR count). The Kier molecular flexibility index (Phi) is 5.25. The first-order valence-corrected chi connectivity index (χ1v) is 7.47. The zero-order chi connectivity index (χ0) is 17.0. The number of aromatic nitrogens is 2. The summed E-state index contributed by atoms with van der Waals surface area (Å²) in [5.41, 5.74) is 0.283. The fourth-order valence-corrected chi connectivity index (χ4v) is 2.21. The Morgan fingerprint density at radius 1 is 1.26 bits per heavy atom. The lowest BCUT2D eigenvalue weighted by atomic mass is 10.1. The number of carbonyl (C=O) groups excluding carboxylic acids is 1. The lowest BCUT2D eigenvalue weighted by molar-refractivity contribution is 0.00513. The molecule has 1 fully saturated rings. The smallest absolute Gasteiger partial charge is 0.410 e. The monoisotopic (exact) mass is 324 g/mol. The van der Waals surface area contributed by atoms with Crippen LogP contribution in [0.1, 0.15) is 26.3 Å². The van der Waals surface area contributed by atoms with Crippen LogP contribution in [0, 0.1) is 0 Å². The van der Waals surface area contributed by atoms with E-state index in [4.69, 9.17) is 14.2 Å². The van der Waals surface area contributed by atoms with Gasteiger partial charge in [-0.3, -0.25) is 0 Å². The van der Waals surface area contributed by atoms with Crippen LogP contribution >= 0.6 is 0 Å². The largest absolute Gasteiger partial charge is 0.481 e. The van der Waals surface area contributed by atoms with Crippen molar-refractivity contribution in [1.29, 1.82) is 0 Å². The average molecular weight is 324 g/mol. The normalized spacial score (nSPS) is 15.1. The van der Waals surface area contributed by atoms with Gasteiger partial charge in [-0.2, -0.15) is 0 Å². The second-order valence-electron chi connectivity index (χ2n) is 6.33. The second kappa shape index (κ2) is 6.99. The third kappa shape index (κ3) is 4.44. The minimum Gasteiger partial charge on any atom is -0.481 e. The Labute approximate surface area is 136 Å². The van der Waals surface area contributed by atoms with Crippen molar-refractivity contribution < 1.29 is 19.0 Å². The van der Waals surface area contributed by atoms with E-state index in [0.717, 1.165) is 5.56 Å². The van der Waals surface area contributed by atoms with Crippen LogP contribution in [-0.4, -0.2) is 59.9 Å². The second-order valence-corrected chi connectivity index (χ2v) is 6.33. The molecule has 1 saturated heterocycles. The van der Waals surface area contributed by atoms with Crippen molar-refractivity contribution in [1.82, 2.24) is 20.2 Å². The molecule has 0 saturated carbocycles. The fraction of sp³-hybridized carbons (Fsp3) is 0.667. The van der Waals surface area contributed by atoms with Crippen LogP contribution in [0.5, 0.6) is 11.8 Å². The molecule has 1 aromatic rings. The van der Waals surface area contributed by atoms with Crippen molar-refractivity contribution in [2.75, 3.05) is 27.3 Å². The molecule has 0 radical (unpaired) electrons. The highest BCUT2D eigenvalue weighted by Crippen LogP contribution is 2.24. The van der Waals surface area contributed by atoms with Crippen molar-refractivity contribution in [3.8, 4) is 11.8 Å². The number of nitrogens with one attached hydrogen (secondary N) is 1. The van der Waals surface area contributed by atoms with Gasteiger partial charge >= 0.3 is 6.09 Å². The van der Waals surface area contributed by atoms with E-state index < -0.39 is 5.60 Å². The van der Waals surface area contributed by atoms with E-state index in [9.17, 15) is 4.79 Å². The van der Waals surface area contributed by atoms with E-state index in [1.165, 1.54) is 6.33 Å². The maximum Gasteiger partial charge on any atom is 0.410 e. The van der Waals surface area contributed by atoms with Gasteiger partial charge in [-0.1, -0.05) is 0 Å². The van der Waals surface area contributed by atoms with Gasteiger partial charge in [0.25, 0.3) is 0 Å². The van der Waals surface area contributed by atoms with E-state index in [1.807, 2.05) is 20.8 Å². The topological polar surface area (TPSA) is 85.8 Å². The minimum absolute atomic E-state index is 0.192. The summed E-state index contributed by atoms with van der Waals surface area (Å²) in [5, 5.41) is 3.34. The van der Waals surface area contributed by atoms with Gasteiger partial charge in [-0.25, -0.2) is 14.8 Å². The lowest BCUT2D eigenvalue weighted by Gasteiger charge is -2.40. The molecule has 0 spiro atoms. The Bertz CT molecular complexity index is 531. The molecule has 0 aliphatic carbocycles. The summed E-state index contributed by atoms with van der Waals surface area (Å²) < 4.78 is 15.8. The molecule has 128 valence electrons. The van der Waals surface area contributed by atoms with Crippen LogP contribution in [0.3, 0.4) is 0 Å². The van der Waals surface area contributed by atoms with Gasteiger partial charge in [0.05, 0.1) is 19.8 Å². The molecule has 23 heavy (non-hydrogen) atoms. The predicted molar refractivity (Wildman–Crippen MR) is 83.6 cm³/mol. The van der Waals surface area contributed by atoms with Gasteiger partial charge in [0.15, 0.2) is 0 Å². The van der Waals surface area contributed by atoms with E-state index in [2.05, 4.69) is 15.3 Å². The number of rotatable bonds is 5. The molecule has 1 N–H and O–H groups in total. The lowest BCUT2D eigenvalue weighted by Crippen LogP contribution is -2.60. The standard InChI is InChI=1S/C15H24N4O4/c1-15(2,3)23-14(20)19-7-10(8-19)16-6-11-12(21-4)17-9-18-13(11)22-5/h9-10,16H,6-8H2,1-5H3. The predicted octanol–water partition coefficient (Wildman–Crippen LogP) is 1.20. The number of likely N-dealkylation sites (tertiary alicyclic amines) is 1. The highest BCUT2D eigenvalue weighted by Gasteiger charge is 2.33. The summed E-state index contributed by atoms with van der Waals surface area (Å²) in [6.07, 6.45) is 1.11. The quantitative estimate of drug-likeness (QED) is 0.871. The van der Waals surface area contributed by atoms with Crippen LogP contribution in [0.15, 0.2) is 6.33 Å². The van der Waals surface area contributed by atoms with Gasteiger partial charge in [0, 0.05) is 25.7 Å². The van der Waals surface area contributed by atoms with Crippen LogP contribution < -0.4 is 14.8 Å². The molecule has 0 unspecified atom stereocenters. The molecule has 1 aliphatic rings. The minimum atomic E-state index is -0.474. The van der Waals surface area contributed by atoms with Crippen molar-refractivity contribution >= 4 is 6.09 Å². The van der Waals surface area contributed by atoms with E-state index >= 15 is 0 Å². The zero-order valence-electron chi connectivity index (χ0n) is 14.3. The number of hydrogen-bond donors (Lipinski definition) is 1. The molecule has 0 atom stereocenters. The molecule has 8 nitrogen and oxygen atoms in total. The number of carbonyl (C=O) groups is 1. The Hall–Kier alpha value is -2.09. The van der Waals surface area contributed by atoms with E-state index in [1.54, 1.807) is 19.1 Å². The summed E-state index contributed by atoms with van der Waals surface area (Å²) in [4.78, 5) is 21.7. The molecular formula is C15H24N4O4. The van der Waals surface area contributed by atoms with Crippen LogP contribution in [-0.2, 0) is 11.3 Å². The molecule has 0 bridgehead atoms. The number of ether oxygens (including phenoxy) is 3. The van der Waals surface area contributed by atoms with Crippen molar-refractivity contribution in [3.05, 3.63) is 11.9 Å². The van der Waals surface area contributed by atoms with Crippen LogP contribution in [0.25, 0.3) is 0 Å². The third-order valence-electron chi connectivity index (χ3n) is 3.35. The van der Waals surface area contributed by atoms with Crippen LogP contribution in [0.4, 0.5) is 4.79 Å². The number of nitrogens with zero attached hydrogens (tertiary/aromatic N) is 3. The molecule has 2 heterocycles. The maximum atomic E-state index is 11.9. The molecule has 1 aromatic heterocycles. The van der Waals surface area contributed by atoms with Crippen molar-refractivity contribution in [2.24, 2.45) is 0 Å². The van der Waals surface area contributed by atoms with E-state index in [-0.39, 0.29) is 12.1 Å². The average Bonchev–Trinajstić information content (AvgIpc) is 2.43. The summed E-state index contributed by atoms with van der Waals surface area (Å²) in [5.74, 6) is 0.959. The summed E-state index contributed by atoms with van der Waals surface area (Å²) in [6.45, 7) is 7.28. The summed E-state index contributed by atoms with van der Waals surface area (Å²) >= 11 is 0. The van der Waals surface area contributed by atoms with Crippen molar-refractivity contribution in [3.63, 3.8) is 0 Å². The van der Waals surface area contributed by atoms with Gasteiger partial charge in [-0.15, -0.1) is 0 Å². The van der Waals surface area contributed by atoms with Crippen molar-refractivity contribution in [2.45, 2.75) is 39.0 Å². The Morgan fingerprint density at radius 2 is 1.83 bits per heavy atom. The van der Waals surface area contributed by atoms with Gasteiger partial charge < -0.3 is 24.4 Å². The van der Waals surface area contributed by atoms with Gasteiger partial charge in [-0.05, 0) is 20.8 Å². The molecule has 8 heteroatoms. The highest BCUT2D eigenvalue weighted by molar-refractivity contribution is 5.69. The number of methoxy groups -OCH3 is 2. The fourth-order valence-electron chi connectivity index (χ4n) is 2.21. The first-order valence-electron chi connectivity index (χ1n) is 7.47. The highest BCUT2D eigenvalue weighted by atomic mass is 16.6.